The van der Waals surface area contributed by atoms with Gasteiger partial charge in [-0.1, -0.05) is 0 Å². The van der Waals surface area contributed by atoms with Crippen molar-refractivity contribution in [1.29, 1.82) is 0 Å². The van der Waals surface area contributed by atoms with Crippen molar-refractivity contribution in [2.24, 2.45) is 5.92 Å². The minimum absolute atomic E-state index is 0.361. The van der Waals surface area contributed by atoms with Crippen LogP contribution in [0.5, 0.6) is 0 Å². The van der Waals surface area contributed by atoms with E-state index in [9.17, 15) is 4.79 Å². The molecular formula is C14H18Br2N2OS. The fourth-order valence-corrected chi connectivity index (χ4v) is 4.74. The van der Waals surface area contributed by atoms with Gasteiger partial charge in [-0.15, -0.1) is 11.3 Å². The first-order chi connectivity index (χ1) is 9.63. The van der Waals surface area contributed by atoms with Crippen molar-refractivity contribution in [3.63, 3.8) is 0 Å². The second kappa shape index (κ2) is 6.46. The second-order valence-electron chi connectivity index (χ2n) is 5.59. The van der Waals surface area contributed by atoms with E-state index in [4.69, 9.17) is 0 Å². The van der Waals surface area contributed by atoms with Gasteiger partial charge in [0.2, 0.25) is 5.91 Å². The van der Waals surface area contributed by atoms with E-state index in [1.807, 2.05) is 0 Å². The van der Waals surface area contributed by atoms with Crippen LogP contribution in [0, 0.1) is 5.92 Å². The van der Waals surface area contributed by atoms with Crippen molar-refractivity contribution in [2.75, 3.05) is 13.1 Å². The molecule has 2 fully saturated rings. The monoisotopic (exact) mass is 420 g/mol. The van der Waals surface area contributed by atoms with Crippen LogP contribution in [-0.4, -0.2) is 29.9 Å². The third-order valence-electron chi connectivity index (χ3n) is 3.99. The Morgan fingerprint density at radius 2 is 2.00 bits per heavy atom. The highest BCUT2D eigenvalue weighted by atomic mass is 79.9. The summed E-state index contributed by atoms with van der Waals surface area (Å²) >= 11 is 8.81. The predicted octanol–water partition coefficient (Wildman–Crippen LogP) is 3.76. The number of nitrogens with one attached hydrogen (secondary N) is 1. The molecule has 1 amide bonds. The molecule has 1 aromatic heterocycles. The maximum absolute atomic E-state index is 12.0. The molecule has 0 radical (unpaired) electrons. The summed E-state index contributed by atoms with van der Waals surface area (Å²) in [5.41, 5.74) is 0. The van der Waals surface area contributed by atoms with Crippen molar-refractivity contribution < 1.29 is 4.79 Å². The Kier molecular flexibility index (Phi) is 4.85. The van der Waals surface area contributed by atoms with Gasteiger partial charge in [0.25, 0.3) is 0 Å². The molecule has 3 rings (SSSR count). The van der Waals surface area contributed by atoms with E-state index in [2.05, 4.69) is 48.1 Å². The van der Waals surface area contributed by atoms with Crippen molar-refractivity contribution in [3.05, 3.63) is 19.2 Å². The van der Waals surface area contributed by atoms with Crippen LogP contribution in [0.3, 0.4) is 0 Å². The molecule has 2 aliphatic rings. The standard InChI is InChI=1S/C14H18Br2N2OS/c15-12-7-11(20-13(12)16)8-17-10-3-5-18(6-4-10)14(19)9-1-2-9/h7,9-10,17H,1-6,8H2. The van der Waals surface area contributed by atoms with E-state index in [1.54, 1.807) is 11.3 Å². The normalized spacial score (nSPS) is 20.4. The smallest absolute Gasteiger partial charge is 0.225 e. The summed E-state index contributed by atoms with van der Waals surface area (Å²) in [4.78, 5) is 15.4. The summed E-state index contributed by atoms with van der Waals surface area (Å²) < 4.78 is 2.28. The Labute approximate surface area is 140 Å². The first-order valence-electron chi connectivity index (χ1n) is 7.09. The Hall–Kier alpha value is 0.0900. The average Bonchev–Trinajstić information content (AvgIpc) is 3.24. The third-order valence-corrected chi connectivity index (χ3v) is 7.25. The molecule has 0 unspecified atom stereocenters. The number of nitrogens with zero attached hydrogens (tertiary/aromatic N) is 1. The molecule has 1 aliphatic carbocycles. The van der Waals surface area contributed by atoms with E-state index < -0.39 is 0 Å². The number of halogens is 2. The van der Waals surface area contributed by atoms with Gasteiger partial charge < -0.3 is 10.2 Å². The first-order valence-corrected chi connectivity index (χ1v) is 9.49. The highest BCUT2D eigenvalue weighted by Gasteiger charge is 2.34. The minimum atomic E-state index is 0.361. The van der Waals surface area contributed by atoms with Gasteiger partial charge in [0.15, 0.2) is 0 Å². The van der Waals surface area contributed by atoms with Gasteiger partial charge in [0.1, 0.15) is 0 Å². The SMILES string of the molecule is O=C(C1CC1)N1CCC(NCc2cc(Br)c(Br)s2)CC1. The van der Waals surface area contributed by atoms with Crippen molar-refractivity contribution in [2.45, 2.75) is 38.3 Å². The van der Waals surface area contributed by atoms with Crippen molar-refractivity contribution in [1.82, 2.24) is 10.2 Å². The van der Waals surface area contributed by atoms with Gasteiger partial charge in [-0.2, -0.15) is 0 Å². The molecule has 3 nitrogen and oxygen atoms in total. The molecule has 1 aliphatic heterocycles. The molecule has 0 atom stereocenters. The highest BCUT2D eigenvalue weighted by Crippen LogP contribution is 2.33. The van der Waals surface area contributed by atoms with Crippen LogP contribution < -0.4 is 5.32 Å². The number of carbonyl (C=O) groups excluding carboxylic acids is 1. The second-order valence-corrected chi connectivity index (χ2v) is 8.90. The average molecular weight is 422 g/mol. The lowest BCUT2D eigenvalue weighted by atomic mass is 10.0. The summed E-state index contributed by atoms with van der Waals surface area (Å²) in [7, 11) is 0. The topological polar surface area (TPSA) is 32.3 Å². The molecule has 0 bridgehead atoms. The summed E-state index contributed by atoms with van der Waals surface area (Å²) in [5, 5.41) is 3.61. The zero-order chi connectivity index (χ0) is 14.1. The first kappa shape index (κ1) is 15.0. The number of hydrogen-bond donors (Lipinski definition) is 1. The lowest BCUT2D eigenvalue weighted by Crippen LogP contribution is -2.45. The third kappa shape index (κ3) is 3.64. The predicted molar refractivity (Wildman–Crippen MR) is 88.9 cm³/mol. The quantitative estimate of drug-likeness (QED) is 0.802. The lowest BCUT2D eigenvalue weighted by Gasteiger charge is -2.32. The Morgan fingerprint density at radius 1 is 1.30 bits per heavy atom. The van der Waals surface area contributed by atoms with E-state index in [0.29, 0.717) is 17.9 Å². The molecule has 1 aromatic rings. The molecule has 2 heterocycles. The number of carbonyl (C=O) groups is 1. The summed E-state index contributed by atoms with van der Waals surface area (Å²) in [6.07, 6.45) is 4.37. The summed E-state index contributed by atoms with van der Waals surface area (Å²) in [5.74, 6) is 0.759. The summed E-state index contributed by atoms with van der Waals surface area (Å²) in [6.45, 7) is 2.76. The van der Waals surface area contributed by atoms with Gasteiger partial charge in [-0.3, -0.25) is 4.79 Å². The van der Waals surface area contributed by atoms with E-state index in [-0.39, 0.29) is 0 Å². The van der Waals surface area contributed by atoms with Crippen LogP contribution >= 0.6 is 43.2 Å². The van der Waals surface area contributed by atoms with Crippen molar-refractivity contribution in [3.8, 4) is 0 Å². The molecule has 1 N–H and O–H groups in total. The van der Waals surface area contributed by atoms with Crippen LogP contribution in [0.15, 0.2) is 14.3 Å². The molecule has 1 saturated carbocycles. The fraction of sp³-hybridized carbons (Fsp3) is 0.643. The van der Waals surface area contributed by atoms with E-state index in [0.717, 1.165) is 53.6 Å². The van der Waals surface area contributed by atoms with Gasteiger partial charge in [0.05, 0.1) is 3.79 Å². The number of amides is 1. The van der Waals surface area contributed by atoms with Crippen LogP contribution in [0.4, 0.5) is 0 Å². The number of thiophene rings is 1. The summed E-state index contributed by atoms with van der Waals surface area (Å²) in [6, 6.07) is 2.70. The van der Waals surface area contributed by atoms with Crippen LogP contribution in [0.25, 0.3) is 0 Å². The van der Waals surface area contributed by atoms with Crippen LogP contribution in [-0.2, 0) is 11.3 Å². The zero-order valence-electron chi connectivity index (χ0n) is 11.2. The molecule has 1 saturated heterocycles. The van der Waals surface area contributed by atoms with Crippen LogP contribution in [0.1, 0.15) is 30.6 Å². The largest absolute Gasteiger partial charge is 0.342 e. The van der Waals surface area contributed by atoms with Crippen molar-refractivity contribution >= 4 is 49.1 Å². The zero-order valence-corrected chi connectivity index (χ0v) is 15.2. The number of likely N-dealkylation sites (tertiary alicyclic amines) is 1. The number of hydrogen-bond acceptors (Lipinski definition) is 3. The molecule has 0 spiro atoms. The number of piperidine rings is 1. The molecule has 0 aromatic carbocycles. The van der Waals surface area contributed by atoms with Gasteiger partial charge in [-0.05, 0) is 63.6 Å². The fourth-order valence-electron chi connectivity index (χ4n) is 2.62. The molecule has 6 heteroatoms. The Bertz CT molecular complexity index is 474. The van der Waals surface area contributed by atoms with Crippen LogP contribution in [0.2, 0.25) is 0 Å². The van der Waals surface area contributed by atoms with Gasteiger partial charge in [0, 0.05) is 40.9 Å². The Morgan fingerprint density at radius 3 is 2.55 bits per heavy atom. The Balaban J connectivity index is 1.43. The van der Waals surface area contributed by atoms with Gasteiger partial charge >= 0.3 is 0 Å². The maximum Gasteiger partial charge on any atom is 0.225 e. The highest BCUT2D eigenvalue weighted by molar-refractivity contribution is 9.13. The maximum atomic E-state index is 12.0. The van der Waals surface area contributed by atoms with E-state index >= 15 is 0 Å². The molecule has 20 heavy (non-hydrogen) atoms. The van der Waals surface area contributed by atoms with Gasteiger partial charge in [-0.25, -0.2) is 0 Å². The lowest BCUT2D eigenvalue weighted by molar-refractivity contribution is -0.133. The number of rotatable bonds is 4. The molecule has 110 valence electrons. The minimum Gasteiger partial charge on any atom is -0.342 e. The molecular weight excluding hydrogens is 404 g/mol. The van der Waals surface area contributed by atoms with E-state index in [1.165, 1.54) is 4.88 Å².